The Morgan fingerprint density at radius 3 is 2.68 bits per heavy atom. The van der Waals surface area contributed by atoms with Crippen molar-refractivity contribution in [3.05, 3.63) is 52.6 Å². The molecule has 0 fully saturated rings. The van der Waals surface area contributed by atoms with E-state index in [0.29, 0.717) is 0 Å². The summed E-state index contributed by atoms with van der Waals surface area (Å²) in [7, 11) is 1.67. The summed E-state index contributed by atoms with van der Waals surface area (Å²) in [5, 5.41) is 5.82. The van der Waals surface area contributed by atoms with Crippen LogP contribution in [0, 0.1) is 6.92 Å². The number of hydrogen-bond donors (Lipinski definition) is 0. The molecule has 0 bridgehead atoms. The first kappa shape index (κ1) is 12.2. The van der Waals surface area contributed by atoms with Crippen molar-refractivity contribution in [1.82, 2.24) is 9.78 Å². The Bertz CT molecular complexity index is 749. The van der Waals surface area contributed by atoms with Crippen LogP contribution in [-0.4, -0.2) is 16.9 Å². The van der Waals surface area contributed by atoms with Crippen LogP contribution in [0.4, 0.5) is 0 Å². The van der Waals surface area contributed by atoms with E-state index in [1.54, 1.807) is 7.11 Å². The van der Waals surface area contributed by atoms with Crippen molar-refractivity contribution in [3.63, 3.8) is 0 Å². The molecular formula is C15H13BrN2O. The highest BCUT2D eigenvalue weighted by Gasteiger charge is 2.11. The van der Waals surface area contributed by atoms with Crippen LogP contribution < -0.4 is 4.74 Å². The Morgan fingerprint density at radius 1 is 1.16 bits per heavy atom. The van der Waals surface area contributed by atoms with E-state index in [-0.39, 0.29) is 0 Å². The van der Waals surface area contributed by atoms with Crippen LogP contribution in [0.5, 0.6) is 5.75 Å². The van der Waals surface area contributed by atoms with Crippen LogP contribution in [0.15, 0.2) is 46.9 Å². The number of aryl methyl sites for hydroxylation is 1. The van der Waals surface area contributed by atoms with Crippen molar-refractivity contribution >= 4 is 26.8 Å². The molecule has 0 amide bonds. The van der Waals surface area contributed by atoms with Crippen LogP contribution in [0.1, 0.15) is 5.69 Å². The third-order valence-corrected chi connectivity index (χ3v) is 3.83. The van der Waals surface area contributed by atoms with Gasteiger partial charge in [-0.1, -0.05) is 18.2 Å². The molecule has 0 saturated carbocycles. The summed E-state index contributed by atoms with van der Waals surface area (Å²) in [6.07, 6.45) is 0. The lowest BCUT2D eigenvalue weighted by Crippen LogP contribution is -1.98. The summed E-state index contributed by atoms with van der Waals surface area (Å²) in [5.74, 6) is 0.829. The predicted molar refractivity (Wildman–Crippen MR) is 80.1 cm³/mol. The van der Waals surface area contributed by atoms with Crippen molar-refractivity contribution in [2.75, 3.05) is 7.11 Å². The van der Waals surface area contributed by atoms with Gasteiger partial charge in [-0.3, -0.25) is 0 Å². The molecule has 0 saturated heterocycles. The number of methoxy groups -OCH3 is 1. The van der Waals surface area contributed by atoms with Gasteiger partial charge < -0.3 is 4.74 Å². The maximum atomic E-state index is 5.26. The second-order valence-electron chi connectivity index (χ2n) is 4.33. The zero-order chi connectivity index (χ0) is 13.4. The lowest BCUT2D eigenvalue weighted by atomic mass is 10.2. The van der Waals surface area contributed by atoms with E-state index in [0.717, 1.165) is 32.5 Å². The number of hydrogen-bond acceptors (Lipinski definition) is 2. The summed E-state index contributed by atoms with van der Waals surface area (Å²) in [6.45, 7) is 2.07. The Labute approximate surface area is 119 Å². The summed E-state index contributed by atoms with van der Waals surface area (Å²) < 4.78 is 8.22. The van der Waals surface area contributed by atoms with Gasteiger partial charge in [0.05, 0.1) is 12.8 Å². The number of aromatic nitrogens is 2. The highest BCUT2D eigenvalue weighted by molar-refractivity contribution is 9.10. The summed E-state index contributed by atoms with van der Waals surface area (Å²) in [6, 6.07) is 14.0. The van der Waals surface area contributed by atoms with Crippen LogP contribution in [-0.2, 0) is 0 Å². The van der Waals surface area contributed by atoms with Crippen LogP contribution in [0.3, 0.4) is 0 Å². The van der Waals surface area contributed by atoms with Gasteiger partial charge in [0.1, 0.15) is 11.3 Å². The molecule has 0 unspecified atom stereocenters. The smallest absolute Gasteiger partial charge is 0.121 e. The maximum absolute atomic E-state index is 5.26. The minimum Gasteiger partial charge on any atom is -0.497 e. The molecule has 1 aromatic heterocycles. The van der Waals surface area contributed by atoms with Gasteiger partial charge in [-0.05, 0) is 41.1 Å². The van der Waals surface area contributed by atoms with Crippen molar-refractivity contribution in [2.45, 2.75) is 6.92 Å². The molecular weight excluding hydrogens is 304 g/mol. The summed E-state index contributed by atoms with van der Waals surface area (Å²) in [5.41, 5.74) is 3.09. The molecule has 0 atom stereocenters. The van der Waals surface area contributed by atoms with E-state index < -0.39 is 0 Å². The zero-order valence-corrected chi connectivity index (χ0v) is 12.3. The van der Waals surface area contributed by atoms with E-state index in [4.69, 9.17) is 4.74 Å². The van der Waals surface area contributed by atoms with E-state index in [9.17, 15) is 0 Å². The van der Waals surface area contributed by atoms with Gasteiger partial charge in [-0.2, -0.15) is 5.10 Å². The molecule has 3 nitrogen and oxygen atoms in total. The second kappa shape index (κ2) is 4.70. The highest BCUT2D eigenvalue weighted by atomic mass is 79.9. The topological polar surface area (TPSA) is 27.1 Å². The summed E-state index contributed by atoms with van der Waals surface area (Å²) >= 11 is 3.54. The van der Waals surface area contributed by atoms with E-state index >= 15 is 0 Å². The van der Waals surface area contributed by atoms with E-state index in [1.807, 2.05) is 41.1 Å². The largest absolute Gasteiger partial charge is 0.497 e. The van der Waals surface area contributed by atoms with Gasteiger partial charge in [0.25, 0.3) is 0 Å². The van der Waals surface area contributed by atoms with Crippen LogP contribution >= 0.6 is 15.9 Å². The summed E-state index contributed by atoms with van der Waals surface area (Å²) in [4.78, 5) is 0. The van der Waals surface area contributed by atoms with Gasteiger partial charge in [-0.25, -0.2) is 4.68 Å². The molecule has 0 aliphatic rings. The molecule has 3 aromatic rings. The molecule has 1 heterocycles. The van der Waals surface area contributed by atoms with Crippen molar-refractivity contribution in [1.29, 1.82) is 0 Å². The standard InChI is InChI=1S/C15H13BrN2O/c1-10-13-7-4-8-14(16)15(13)17-18(10)11-5-3-6-12(9-11)19-2/h3-9H,1-2H3. The average molecular weight is 317 g/mol. The van der Waals surface area contributed by atoms with Crippen molar-refractivity contribution in [2.24, 2.45) is 0 Å². The number of ether oxygens (including phenoxy) is 1. The fourth-order valence-corrected chi connectivity index (χ4v) is 2.64. The Morgan fingerprint density at radius 2 is 1.95 bits per heavy atom. The maximum Gasteiger partial charge on any atom is 0.121 e. The van der Waals surface area contributed by atoms with Gasteiger partial charge in [-0.15, -0.1) is 0 Å². The fraction of sp³-hybridized carbons (Fsp3) is 0.133. The molecule has 0 radical (unpaired) electrons. The number of benzene rings is 2. The molecule has 0 N–H and O–H groups in total. The van der Waals surface area contributed by atoms with Gasteiger partial charge in [0.2, 0.25) is 0 Å². The minimum atomic E-state index is 0.829. The van der Waals surface area contributed by atoms with Gasteiger partial charge in [0, 0.05) is 21.6 Å². The molecule has 0 spiro atoms. The molecule has 3 rings (SSSR count). The van der Waals surface area contributed by atoms with Crippen molar-refractivity contribution < 1.29 is 4.74 Å². The van der Waals surface area contributed by atoms with Crippen LogP contribution in [0.2, 0.25) is 0 Å². The van der Waals surface area contributed by atoms with Gasteiger partial charge in [0.15, 0.2) is 0 Å². The first-order valence-corrected chi connectivity index (χ1v) is 6.78. The predicted octanol–water partition coefficient (Wildman–Crippen LogP) is 4.11. The second-order valence-corrected chi connectivity index (χ2v) is 5.19. The van der Waals surface area contributed by atoms with E-state index in [2.05, 4.69) is 34.0 Å². The molecule has 0 aliphatic carbocycles. The Kier molecular flexibility index (Phi) is 3.03. The lowest BCUT2D eigenvalue weighted by Gasteiger charge is -2.06. The third kappa shape index (κ3) is 2.02. The number of rotatable bonds is 2. The quantitative estimate of drug-likeness (QED) is 0.711. The number of fused-ring (bicyclic) bond motifs is 1. The minimum absolute atomic E-state index is 0.829. The molecule has 2 aromatic carbocycles. The number of halogens is 1. The average Bonchev–Trinajstić information content (AvgIpc) is 2.78. The SMILES string of the molecule is COc1cccc(-n2nc3c(Br)cccc3c2C)c1. The normalized spacial score (nSPS) is 10.9. The molecule has 0 aliphatic heterocycles. The molecule has 96 valence electrons. The number of nitrogens with zero attached hydrogens (tertiary/aromatic N) is 2. The molecule has 19 heavy (non-hydrogen) atoms. The first-order valence-electron chi connectivity index (χ1n) is 5.99. The monoisotopic (exact) mass is 316 g/mol. The lowest BCUT2D eigenvalue weighted by molar-refractivity contribution is 0.414. The zero-order valence-electron chi connectivity index (χ0n) is 10.7. The van der Waals surface area contributed by atoms with Crippen molar-refractivity contribution in [3.8, 4) is 11.4 Å². The highest BCUT2D eigenvalue weighted by Crippen LogP contribution is 2.27. The van der Waals surface area contributed by atoms with E-state index in [1.165, 1.54) is 0 Å². The Balaban J connectivity index is 2.25. The van der Waals surface area contributed by atoms with Gasteiger partial charge >= 0.3 is 0 Å². The Hall–Kier alpha value is -1.81. The first-order chi connectivity index (χ1) is 9.20. The third-order valence-electron chi connectivity index (χ3n) is 3.19. The molecule has 4 heteroatoms. The fourth-order valence-electron chi connectivity index (χ4n) is 2.19. The van der Waals surface area contributed by atoms with Crippen LogP contribution in [0.25, 0.3) is 16.6 Å².